The van der Waals surface area contributed by atoms with Crippen molar-refractivity contribution in [1.29, 1.82) is 0 Å². The average molecular weight is 317 g/mol. The second kappa shape index (κ2) is 6.25. The minimum Gasteiger partial charge on any atom is -0.465 e. The first-order chi connectivity index (χ1) is 10.3. The lowest BCUT2D eigenvalue weighted by molar-refractivity contribution is -0.274. The topological polar surface area (TPSA) is 66.8 Å². The van der Waals surface area contributed by atoms with E-state index in [-0.39, 0.29) is 30.5 Å². The van der Waals surface area contributed by atoms with Crippen LogP contribution in [0.4, 0.5) is 18.0 Å². The molecule has 1 aliphatic heterocycles. The molecular formula is C14H14F3NO4. The summed E-state index contributed by atoms with van der Waals surface area (Å²) in [6.45, 7) is 0.558. The smallest absolute Gasteiger partial charge is 0.465 e. The highest BCUT2D eigenvalue weighted by molar-refractivity contribution is 5.98. The number of hydrogen-bond donors (Lipinski definition) is 1. The van der Waals surface area contributed by atoms with Crippen LogP contribution in [0.3, 0.4) is 0 Å². The van der Waals surface area contributed by atoms with Gasteiger partial charge < -0.3 is 14.7 Å². The molecule has 5 nitrogen and oxygen atoms in total. The first-order valence-corrected chi connectivity index (χ1v) is 6.64. The molecule has 0 saturated carbocycles. The van der Waals surface area contributed by atoms with Crippen molar-refractivity contribution in [1.82, 2.24) is 4.90 Å². The van der Waals surface area contributed by atoms with Gasteiger partial charge in [-0.2, -0.15) is 0 Å². The average Bonchev–Trinajstić information content (AvgIpc) is 2.46. The number of rotatable bonds is 3. The second-order valence-electron chi connectivity index (χ2n) is 4.98. The van der Waals surface area contributed by atoms with Crippen molar-refractivity contribution < 1.29 is 32.6 Å². The van der Waals surface area contributed by atoms with Gasteiger partial charge in [0.05, 0.1) is 0 Å². The van der Waals surface area contributed by atoms with Gasteiger partial charge >= 0.3 is 12.5 Å². The molecule has 8 heteroatoms. The Labute approximate surface area is 124 Å². The van der Waals surface area contributed by atoms with Crippen LogP contribution < -0.4 is 4.74 Å². The molecule has 1 N–H and O–H groups in total. The van der Waals surface area contributed by atoms with Gasteiger partial charge in [0.1, 0.15) is 5.75 Å². The Balaban J connectivity index is 1.97. The van der Waals surface area contributed by atoms with Crippen molar-refractivity contribution >= 4 is 11.9 Å². The Morgan fingerprint density at radius 2 is 1.68 bits per heavy atom. The molecule has 0 unspecified atom stereocenters. The Morgan fingerprint density at radius 1 is 1.14 bits per heavy atom. The number of benzene rings is 1. The van der Waals surface area contributed by atoms with Gasteiger partial charge in [0.25, 0.3) is 0 Å². The molecule has 2 rings (SSSR count). The van der Waals surface area contributed by atoms with E-state index < -0.39 is 12.5 Å². The van der Waals surface area contributed by atoms with Crippen LogP contribution in [0.25, 0.3) is 0 Å². The first-order valence-electron chi connectivity index (χ1n) is 6.64. The number of ether oxygens (including phenoxy) is 1. The summed E-state index contributed by atoms with van der Waals surface area (Å²) in [5.41, 5.74) is 0.295. The first kappa shape index (κ1) is 16.1. The largest absolute Gasteiger partial charge is 0.573 e. The Morgan fingerprint density at radius 3 is 2.14 bits per heavy atom. The van der Waals surface area contributed by atoms with E-state index in [0.29, 0.717) is 18.4 Å². The van der Waals surface area contributed by atoms with Crippen LogP contribution >= 0.6 is 0 Å². The van der Waals surface area contributed by atoms with E-state index in [0.717, 1.165) is 12.1 Å². The lowest BCUT2D eigenvalue weighted by Crippen LogP contribution is -2.39. The highest BCUT2D eigenvalue weighted by atomic mass is 19.4. The predicted octanol–water partition coefficient (Wildman–Crippen LogP) is 3.16. The number of piperidine rings is 1. The zero-order valence-electron chi connectivity index (χ0n) is 11.5. The van der Waals surface area contributed by atoms with Gasteiger partial charge in [-0.15, -0.1) is 13.2 Å². The number of hydrogen-bond acceptors (Lipinski definition) is 3. The van der Waals surface area contributed by atoms with Gasteiger partial charge in [0.2, 0.25) is 0 Å². The molecule has 1 aliphatic rings. The Bertz CT molecular complexity index is 548. The van der Waals surface area contributed by atoms with Gasteiger partial charge in [-0.3, -0.25) is 4.79 Å². The quantitative estimate of drug-likeness (QED) is 0.870. The number of alkyl halides is 3. The molecule has 0 bridgehead atoms. The van der Waals surface area contributed by atoms with E-state index >= 15 is 0 Å². The third kappa shape index (κ3) is 4.12. The number of ketones is 1. The molecule has 1 saturated heterocycles. The Kier molecular flexibility index (Phi) is 4.58. The molecule has 1 fully saturated rings. The summed E-state index contributed by atoms with van der Waals surface area (Å²) in [5, 5.41) is 8.84. The number of amides is 1. The lowest BCUT2D eigenvalue weighted by atomic mass is 9.89. The van der Waals surface area contributed by atoms with Crippen molar-refractivity contribution in [2.45, 2.75) is 19.2 Å². The molecule has 22 heavy (non-hydrogen) atoms. The number of likely N-dealkylation sites (tertiary alicyclic amines) is 1. The highest BCUT2D eigenvalue weighted by Gasteiger charge is 2.31. The summed E-state index contributed by atoms with van der Waals surface area (Å²) in [6, 6.07) is 4.75. The van der Waals surface area contributed by atoms with E-state index in [9.17, 15) is 22.8 Å². The molecule has 0 aromatic heterocycles. The molecule has 0 aliphatic carbocycles. The summed E-state index contributed by atoms with van der Waals surface area (Å²) >= 11 is 0. The summed E-state index contributed by atoms with van der Waals surface area (Å²) in [6.07, 6.45) is -4.97. The van der Waals surface area contributed by atoms with Gasteiger partial charge in [0, 0.05) is 24.6 Å². The summed E-state index contributed by atoms with van der Waals surface area (Å²) in [5.74, 6) is -0.890. The fourth-order valence-electron chi connectivity index (χ4n) is 2.39. The van der Waals surface area contributed by atoms with Crippen LogP contribution in [0.5, 0.6) is 5.75 Å². The number of carboxylic acid groups (broad SMARTS) is 1. The van der Waals surface area contributed by atoms with Crippen LogP contribution in [0.1, 0.15) is 23.2 Å². The second-order valence-corrected chi connectivity index (χ2v) is 4.98. The fraction of sp³-hybridized carbons (Fsp3) is 0.429. The van der Waals surface area contributed by atoms with Crippen molar-refractivity contribution in [3.63, 3.8) is 0 Å². The van der Waals surface area contributed by atoms with Gasteiger partial charge in [0.15, 0.2) is 5.78 Å². The normalized spacial score (nSPS) is 16.4. The maximum Gasteiger partial charge on any atom is 0.573 e. The molecular weight excluding hydrogens is 303 g/mol. The number of halogens is 3. The zero-order valence-corrected chi connectivity index (χ0v) is 11.5. The van der Waals surface area contributed by atoms with Crippen LogP contribution in [-0.4, -0.2) is 41.3 Å². The van der Waals surface area contributed by atoms with Crippen molar-refractivity contribution in [3.05, 3.63) is 29.8 Å². The molecule has 120 valence electrons. The van der Waals surface area contributed by atoms with Gasteiger partial charge in [-0.1, -0.05) is 0 Å². The van der Waals surface area contributed by atoms with Crippen molar-refractivity contribution in [2.24, 2.45) is 5.92 Å². The van der Waals surface area contributed by atoms with Gasteiger partial charge in [-0.25, -0.2) is 4.79 Å². The Hall–Kier alpha value is -2.25. The third-order valence-corrected chi connectivity index (χ3v) is 3.51. The fourth-order valence-corrected chi connectivity index (χ4v) is 2.39. The zero-order chi connectivity index (χ0) is 16.3. The van der Waals surface area contributed by atoms with Crippen LogP contribution in [0, 0.1) is 5.92 Å². The summed E-state index contributed by atoms with van der Waals surface area (Å²) < 4.78 is 39.9. The van der Waals surface area contributed by atoms with E-state index in [4.69, 9.17) is 5.11 Å². The predicted molar refractivity (Wildman–Crippen MR) is 69.8 cm³/mol. The number of Topliss-reactive ketones (excluding diaryl/α,β-unsaturated/α-hetero) is 1. The maximum absolute atomic E-state index is 12.2. The molecule has 0 spiro atoms. The molecule has 0 atom stereocenters. The minimum atomic E-state index is -4.77. The van der Waals surface area contributed by atoms with E-state index in [1.165, 1.54) is 17.0 Å². The summed E-state index contributed by atoms with van der Waals surface area (Å²) in [7, 11) is 0. The number of nitrogens with zero attached hydrogens (tertiary/aromatic N) is 1. The molecule has 1 amide bonds. The van der Waals surface area contributed by atoms with E-state index in [1.54, 1.807) is 0 Å². The lowest BCUT2D eigenvalue weighted by Gasteiger charge is -2.29. The summed E-state index contributed by atoms with van der Waals surface area (Å²) in [4.78, 5) is 24.3. The van der Waals surface area contributed by atoms with Crippen molar-refractivity contribution in [2.75, 3.05) is 13.1 Å². The third-order valence-electron chi connectivity index (χ3n) is 3.51. The maximum atomic E-state index is 12.2. The highest BCUT2D eigenvalue weighted by Crippen LogP contribution is 2.25. The minimum absolute atomic E-state index is 0.191. The molecule has 1 aromatic carbocycles. The SMILES string of the molecule is O=C(c1ccc(OC(F)(F)F)cc1)C1CCN(C(=O)O)CC1. The van der Waals surface area contributed by atoms with Gasteiger partial charge in [-0.05, 0) is 37.1 Å². The number of carbonyl (C=O) groups is 2. The number of carbonyl (C=O) groups excluding carboxylic acids is 1. The van der Waals surface area contributed by atoms with Crippen LogP contribution in [0.2, 0.25) is 0 Å². The van der Waals surface area contributed by atoms with E-state index in [2.05, 4.69) is 4.74 Å². The van der Waals surface area contributed by atoms with E-state index in [1.807, 2.05) is 0 Å². The standard InChI is InChI=1S/C14H14F3NO4/c15-14(16,17)22-11-3-1-9(2-4-11)12(19)10-5-7-18(8-6-10)13(20)21/h1-4,10H,5-8H2,(H,20,21). The van der Waals surface area contributed by atoms with Crippen LogP contribution in [-0.2, 0) is 0 Å². The monoisotopic (exact) mass is 317 g/mol. The van der Waals surface area contributed by atoms with Crippen LogP contribution in [0.15, 0.2) is 24.3 Å². The molecule has 1 aromatic rings. The molecule has 1 heterocycles. The molecule has 0 radical (unpaired) electrons. The van der Waals surface area contributed by atoms with Crippen molar-refractivity contribution in [3.8, 4) is 5.75 Å².